The van der Waals surface area contributed by atoms with Crippen LogP contribution in [-0.2, 0) is 9.53 Å². The number of ether oxygens (including phenoxy) is 1. The standard InChI is InChI=1S/C8H14Cl2O2Si/c1-7(9)8(11)12-5-4-6-13(2,3)10/h1,4-6H2,2-3H3. The molecule has 0 aliphatic carbocycles. The zero-order valence-electron chi connectivity index (χ0n) is 7.90. The first-order chi connectivity index (χ1) is 5.83. The highest BCUT2D eigenvalue weighted by atomic mass is 35.6. The summed E-state index contributed by atoms with van der Waals surface area (Å²) in [7, 11) is -1.53. The molecule has 0 atom stereocenters. The Hall–Kier alpha value is 0.00688. The average molecular weight is 241 g/mol. The number of carbonyl (C=O) groups is 1. The van der Waals surface area contributed by atoms with Gasteiger partial charge in [0.25, 0.3) is 0 Å². The van der Waals surface area contributed by atoms with Crippen LogP contribution < -0.4 is 0 Å². The van der Waals surface area contributed by atoms with Crippen LogP contribution in [0.5, 0.6) is 0 Å². The van der Waals surface area contributed by atoms with Crippen LogP contribution in [0.4, 0.5) is 0 Å². The Balaban J connectivity index is 3.47. The van der Waals surface area contributed by atoms with Gasteiger partial charge in [0.05, 0.1) is 6.61 Å². The summed E-state index contributed by atoms with van der Waals surface area (Å²) in [6, 6.07) is 0.927. The Bertz CT molecular complexity index is 199. The van der Waals surface area contributed by atoms with Crippen LogP contribution in [0, 0.1) is 0 Å². The highest BCUT2D eigenvalue weighted by Crippen LogP contribution is 2.16. The van der Waals surface area contributed by atoms with Crippen molar-refractivity contribution in [3.05, 3.63) is 11.6 Å². The van der Waals surface area contributed by atoms with Gasteiger partial charge in [-0.15, -0.1) is 0 Å². The first-order valence-electron chi connectivity index (χ1n) is 4.03. The summed E-state index contributed by atoms with van der Waals surface area (Å²) in [6.07, 6.45) is 0.790. The number of hydrogen-bond donors (Lipinski definition) is 0. The molecule has 0 bridgehead atoms. The lowest BCUT2D eigenvalue weighted by Crippen LogP contribution is -2.17. The zero-order chi connectivity index (χ0) is 10.5. The first-order valence-corrected chi connectivity index (χ1v) is 8.63. The van der Waals surface area contributed by atoms with Crippen molar-refractivity contribution in [2.75, 3.05) is 6.61 Å². The molecule has 0 aromatic rings. The maximum absolute atomic E-state index is 10.8. The predicted molar refractivity (Wildman–Crippen MR) is 58.7 cm³/mol. The Morgan fingerprint density at radius 2 is 2.08 bits per heavy atom. The van der Waals surface area contributed by atoms with E-state index in [4.69, 9.17) is 27.4 Å². The first kappa shape index (κ1) is 13.0. The van der Waals surface area contributed by atoms with Crippen LogP contribution in [0.15, 0.2) is 11.6 Å². The lowest BCUT2D eigenvalue weighted by atomic mass is 10.5. The third-order valence-corrected chi connectivity index (χ3v) is 3.63. The monoisotopic (exact) mass is 240 g/mol. The number of rotatable bonds is 5. The molecule has 0 radical (unpaired) electrons. The average Bonchev–Trinajstić information content (AvgIpc) is 1.95. The highest BCUT2D eigenvalue weighted by molar-refractivity contribution is 7.19. The van der Waals surface area contributed by atoms with Gasteiger partial charge in [0.1, 0.15) is 5.03 Å². The van der Waals surface area contributed by atoms with E-state index < -0.39 is 13.4 Å². The molecule has 2 nitrogen and oxygen atoms in total. The van der Waals surface area contributed by atoms with Gasteiger partial charge in [-0.05, 0) is 12.5 Å². The highest BCUT2D eigenvalue weighted by Gasteiger charge is 2.16. The largest absolute Gasteiger partial charge is 0.461 e. The summed E-state index contributed by atoms with van der Waals surface area (Å²) in [6.45, 7) is 7.73. The summed E-state index contributed by atoms with van der Waals surface area (Å²) in [5.74, 6) is -0.546. The van der Waals surface area contributed by atoms with Crippen molar-refractivity contribution in [2.45, 2.75) is 25.6 Å². The zero-order valence-corrected chi connectivity index (χ0v) is 10.4. The lowest BCUT2D eigenvalue weighted by molar-refractivity contribution is -0.138. The molecule has 0 saturated heterocycles. The number of esters is 1. The maximum Gasteiger partial charge on any atom is 0.349 e. The van der Waals surface area contributed by atoms with E-state index in [1.54, 1.807) is 0 Å². The Kier molecular flexibility index (Phi) is 5.68. The SMILES string of the molecule is C=C(Cl)C(=O)OCCC[Si](C)(C)Cl. The van der Waals surface area contributed by atoms with Crippen molar-refractivity contribution in [2.24, 2.45) is 0 Å². The topological polar surface area (TPSA) is 26.3 Å². The van der Waals surface area contributed by atoms with E-state index in [1.807, 2.05) is 0 Å². The lowest BCUT2D eigenvalue weighted by Gasteiger charge is -2.11. The van der Waals surface area contributed by atoms with Gasteiger partial charge < -0.3 is 4.74 Å². The minimum Gasteiger partial charge on any atom is -0.461 e. The van der Waals surface area contributed by atoms with Crippen molar-refractivity contribution in [1.82, 2.24) is 0 Å². The van der Waals surface area contributed by atoms with E-state index in [0.717, 1.165) is 12.5 Å². The summed E-state index contributed by atoms with van der Waals surface area (Å²) < 4.78 is 4.79. The fourth-order valence-corrected chi connectivity index (χ4v) is 2.18. The van der Waals surface area contributed by atoms with Gasteiger partial charge >= 0.3 is 5.97 Å². The van der Waals surface area contributed by atoms with Crippen LogP contribution in [0.2, 0.25) is 19.1 Å². The molecular formula is C8H14Cl2O2Si. The molecular weight excluding hydrogens is 227 g/mol. The van der Waals surface area contributed by atoms with Gasteiger partial charge in [-0.1, -0.05) is 31.3 Å². The maximum atomic E-state index is 10.8. The molecule has 13 heavy (non-hydrogen) atoms. The molecule has 0 N–H and O–H groups in total. The molecule has 76 valence electrons. The fraction of sp³-hybridized carbons (Fsp3) is 0.625. The molecule has 5 heteroatoms. The Morgan fingerprint density at radius 3 is 2.46 bits per heavy atom. The predicted octanol–water partition coefficient (Wildman–Crippen LogP) is 3.12. The molecule has 0 heterocycles. The summed E-state index contributed by atoms with van der Waals surface area (Å²) in [5.41, 5.74) is 0. The molecule has 0 aliphatic heterocycles. The molecule has 0 amide bonds. The van der Waals surface area contributed by atoms with Crippen molar-refractivity contribution < 1.29 is 9.53 Å². The van der Waals surface area contributed by atoms with E-state index >= 15 is 0 Å². The minimum absolute atomic E-state index is 0.0811. The fourth-order valence-electron chi connectivity index (χ4n) is 0.736. The van der Waals surface area contributed by atoms with Crippen LogP contribution >= 0.6 is 22.7 Å². The summed E-state index contributed by atoms with van der Waals surface area (Å²) in [4.78, 5) is 10.8. The molecule has 0 aromatic heterocycles. The van der Waals surface area contributed by atoms with Crippen LogP contribution in [0.1, 0.15) is 6.42 Å². The van der Waals surface area contributed by atoms with Crippen LogP contribution in [0.25, 0.3) is 0 Å². The van der Waals surface area contributed by atoms with Crippen molar-refractivity contribution in [3.8, 4) is 0 Å². The van der Waals surface area contributed by atoms with E-state index in [0.29, 0.717) is 6.61 Å². The molecule has 0 aromatic carbocycles. The number of halogens is 2. The van der Waals surface area contributed by atoms with Crippen molar-refractivity contribution in [3.63, 3.8) is 0 Å². The van der Waals surface area contributed by atoms with E-state index in [1.165, 1.54) is 0 Å². The molecule has 0 aliphatic rings. The normalized spacial score (nSPS) is 11.1. The van der Waals surface area contributed by atoms with Crippen molar-refractivity contribution in [1.29, 1.82) is 0 Å². The van der Waals surface area contributed by atoms with Gasteiger partial charge in [0, 0.05) is 0 Å². The molecule has 0 spiro atoms. The third kappa shape index (κ3) is 8.34. The summed E-state index contributed by atoms with van der Waals surface area (Å²) >= 11 is 11.4. The second-order valence-electron chi connectivity index (χ2n) is 3.36. The van der Waals surface area contributed by atoms with Crippen LogP contribution in [-0.4, -0.2) is 20.0 Å². The second-order valence-corrected chi connectivity index (χ2v) is 10.8. The molecule has 0 saturated carbocycles. The van der Waals surface area contributed by atoms with E-state index in [-0.39, 0.29) is 5.03 Å². The number of carbonyl (C=O) groups excluding carboxylic acids is 1. The minimum atomic E-state index is -1.53. The van der Waals surface area contributed by atoms with Crippen LogP contribution in [0.3, 0.4) is 0 Å². The van der Waals surface area contributed by atoms with Gasteiger partial charge in [-0.2, -0.15) is 11.1 Å². The Labute approximate surface area is 89.6 Å². The third-order valence-electron chi connectivity index (χ3n) is 1.37. The summed E-state index contributed by atoms with van der Waals surface area (Å²) in [5, 5.41) is -0.0811. The molecule has 0 fully saturated rings. The van der Waals surface area contributed by atoms with Gasteiger partial charge in [0.2, 0.25) is 0 Å². The quantitative estimate of drug-likeness (QED) is 0.243. The smallest absolute Gasteiger partial charge is 0.349 e. The van der Waals surface area contributed by atoms with Crippen molar-refractivity contribution >= 4 is 36.0 Å². The van der Waals surface area contributed by atoms with E-state index in [2.05, 4.69) is 19.7 Å². The second kappa shape index (κ2) is 5.68. The van der Waals surface area contributed by atoms with Gasteiger partial charge in [0.15, 0.2) is 7.38 Å². The van der Waals surface area contributed by atoms with Gasteiger partial charge in [-0.3, -0.25) is 0 Å². The van der Waals surface area contributed by atoms with E-state index in [9.17, 15) is 4.79 Å². The molecule has 0 rings (SSSR count). The molecule has 0 unspecified atom stereocenters. The number of hydrogen-bond acceptors (Lipinski definition) is 2. The van der Waals surface area contributed by atoms with Gasteiger partial charge in [-0.25, -0.2) is 4.79 Å². The Morgan fingerprint density at radius 1 is 1.54 bits per heavy atom.